The fourth-order valence-electron chi connectivity index (χ4n) is 2.93. The van der Waals surface area contributed by atoms with Crippen molar-refractivity contribution in [2.45, 2.75) is 43.9 Å². The Morgan fingerprint density at radius 2 is 2.14 bits per heavy atom. The Labute approximate surface area is 133 Å². The smallest absolute Gasteiger partial charge is 0.231 e. The number of aliphatic hydroxyl groups is 1. The number of ether oxygens (including phenoxy) is 2. The highest BCUT2D eigenvalue weighted by Crippen LogP contribution is 2.37. The average Bonchev–Trinajstić information content (AvgIpc) is 2.93. The van der Waals surface area contributed by atoms with Crippen LogP contribution >= 0.6 is 15.9 Å². The van der Waals surface area contributed by atoms with Gasteiger partial charge in [0.1, 0.15) is 5.60 Å². The highest BCUT2D eigenvalue weighted by atomic mass is 79.9. The summed E-state index contributed by atoms with van der Waals surface area (Å²) in [6.45, 7) is 0.879. The number of nitrogens with one attached hydrogen (secondary N) is 1. The molecule has 1 aromatic carbocycles. The number of terminal acetylenes is 1. The summed E-state index contributed by atoms with van der Waals surface area (Å²) in [5, 5.41) is 13.9. The highest BCUT2D eigenvalue weighted by Gasteiger charge is 2.36. The number of rotatable bonds is 3. The SMILES string of the molecule is C#C[C@]1(O)CCCC[C@@H]1NCc1cc2c(cc1Br)OCO2. The summed E-state index contributed by atoms with van der Waals surface area (Å²) in [7, 11) is 0. The van der Waals surface area contributed by atoms with Crippen molar-refractivity contribution in [3.05, 3.63) is 22.2 Å². The average molecular weight is 352 g/mol. The van der Waals surface area contributed by atoms with Crippen LogP contribution in [-0.2, 0) is 6.54 Å². The molecule has 21 heavy (non-hydrogen) atoms. The molecule has 2 atom stereocenters. The predicted molar refractivity (Wildman–Crippen MR) is 83.1 cm³/mol. The molecule has 2 aliphatic rings. The van der Waals surface area contributed by atoms with E-state index in [-0.39, 0.29) is 12.8 Å². The van der Waals surface area contributed by atoms with E-state index in [9.17, 15) is 5.11 Å². The zero-order chi connectivity index (χ0) is 14.9. The van der Waals surface area contributed by atoms with Gasteiger partial charge < -0.3 is 19.9 Å². The minimum Gasteiger partial charge on any atom is -0.454 e. The molecule has 0 radical (unpaired) electrons. The molecule has 4 nitrogen and oxygen atoms in total. The molecule has 0 unspecified atom stereocenters. The van der Waals surface area contributed by atoms with Gasteiger partial charge in [0.2, 0.25) is 6.79 Å². The minimum absolute atomic E-state index is 0.0754. The second-order valence-corrected chi connectivity index (χ2v) is 6.40. The molecule has 3 rings (SSSR count). The Bertz CT molecular complexity index is 584. The first-order chi connectivity index (χ1) is 10.1. The van der Waals surface area contributed by atoms with Crippen molar-refractivity contribution in [1.29, 1.82) is 0 Å². The van der Waals surface area contributed by atoms with Crippen LogP contribution in [0, 0.1) is 12.3 Å². The van der Waals surface area contributed by atoms with Gasteiger partial charge in [-0.15, -0.1) is 6.42 Å². The first kappa shape index (κ1) is 14.7. The Hall–Kier alpha value is -1.22. The maximum Gasteiger partial charge on any atom is 0.231 e. The summed E-state index contributed by atoms with van der Waals surface area (Å²) in [5.41, 5.74) is 0.0188. The molecule has 1 saturated carbocycles. The molecule has 0 aromatic heterocycles. The lowest BCUT2D eigenvalue weighted by Gasteiger charge is -2.36. The van der Waals surface area contributed by atoms with Crippen LogP contribution < -0.4 is 14.8 Å². The molecule has 1 aliphatic heterocycles. The molecule has 1 aliphatic carbocycles. The Balaban J connectivity index is 1.71. The maximum atomic E-state index is 10.5. The summed E-state index contributed by atoms with van der Waals surface area (Å²) in [4.78, 5) is 0. The molecule has 1 fully saturated rings. The molecular weight excluding hydrogens is 334 g/mol. The lowest BCUT2D eigenvalue weighted by atomic mass is 9.81. The van der Waals surface area contributed by atoms with Gasteiger partial charge in [0, 0.05) is 17.1 Å². The van der Waals surface area contributed by atoms with Gasteiger partial charge in [0.15, 0.2) is 11.5 Å². The zero-order valence-corrected chi connectivity index (χ0v) is 13.3. The monoisotopic (exact) mass is 351 g/mol. The number of fused-ring (bicyclic) bond motifs is 1. The van der Waals surface area contributed by atoms with E-state index >= 15 is 0 Å². The van der Waals surface area contributed by atoms with E-state index in [2.05, 4.69) is 27.2 Å². The van der Waals surface area contributed by atoms with Gasteiger partial charge in [0.25, 0.3) is 0 Å². The predicted octanol–water partition coefficient (Wildman–Crippen LogP) is 2.57. The number of halogens is 1. The summed E-state index contributed by atoms with van der Waals surface area (Å²) in [6, 6.07) is 3.79. The summed E-state index contributed by atoms with van der Waals surface area (Å²) >= 11 is 3.54. The Morgan fingerprint density at radius 1 is 1.38 bits per heavy atom. The van der Waals surface area contributed by atoms with Crippen LogP contribution in [0.4, 0.5) is 0 Å². The standard InChI is InChI=1S/C16H18BrNO3/c1-2-16(19)6-4-3-5-15(16)18-9-11-7-13-14(8-12(11)17)21-10-20-13/h1,7-8,15,18-19H,3-6,9-10H2/t15-,16-/m0/s1. The van der Waals surface area contributed by atoms with Gasteiger partial charge in [-0.1, -0.05) is 28.3 Å². The summed E-state index contributed by atoms with van der Waals surface area (Å²) in [6.07, 6.45) is 9.13. The normalized spacial score (nSPS) is 27.4. The van der Waals surface area contributed by atoms with E-state index < -0.39 is 5.60 Å². The molecule has 2 N–H and O–H groups in total. The first-order valence-corrected chi connectivity index (χ1v) is 7.93. The second-order valence-electron chi connectivity index (χ2n) is 5.54. The first-order valence-electron chi connectivity index (χ1n) is 7.14. The molecule has 0 bridgehead atoms. The van der Waals surface area contributed by atoms with Crippen molar-refractivity contribution < 1.29 is 14.6 Å². The highest BCUT2D eigenvalue weighted by molar-refractivity contribution is 9.10. The lowest BCUT2D eigenvalue weighted by Crippen LogP contribution is -2.51. The van der Waals surface area contributed by atoms with E-state index in [0.717, 1.165) is 40.8 Å². The third kappa shape index (κ3) is 2.89. The molecular formula is C16H18BrNO3. The maximum absolute atomic E-state index is 10.5. The number of benzene rings is 1. The van der Waals surface area contributed by atoms with Gasteiger partial charge in [-0.2, -0.15) is 0 Å². The van der Waals surface area contributed by atoms with Crippen LogP contribution in [0.5, 0.6) is 11.5 Å². The third-order valence-corrected chi connectivity index (χ3v) is 4.95. The van der Waals surface area contributed by atoms with Crippen molar-refractivity contribution in [3.8, 4) is 23.8 Å². The molecule has 0 spiro atoms. The third-order valence-electron chi connectivity index (χ3n) is 4.21. The van der Waals surface area contributed by atoms with Crippen LogP contribution in [0.25, 0.3) is 0 Å². The van der Waals surface area contributed by atoms with Gasteiger partial charge in [-0.3, -0.25) is 0 Å². The van der Waals surface area contributed by atoms with E-state index in [0.29, 0.717) is 13.0 Å². The van der Waals surface area contributed by atoms with Crippen molar-refractivity contribution >= 4 is 15.9 Å². The van der Waals surface area contributed by atoms with Gasteiger partial charge >= 0.3 is 0 Å². The van der Waals surface area contributed by atoms with Crippen molar-refractivity contribution in [2.75, 3.05) is 6.79 Å². The van der Waals surface area contributed by atoms with Gasteiger partial charge in [-0.25, -0.2) is 0 Å². The van der Waals surface area contributed by atoms with E-state index in [1.54, 1.807) is 0 Å². The van der Waals surface area contributed by atoms with Crippen LogP contribution in [0.3, 0.4) is 0 Å². The van der Waals surface area contributed by atoms with Crippen molar-refractivity contribution in [1.82, 2.24) is 5.32 Å². The lowest BCUT2D eigenvalue weighted by molar-refractivity contribution is 0.0255. The number of hydrogen-bond donors (Lipinski definition) is 2. The van der Waals surface area contributed by atoms with Crippen molar-refractivity contribution in [3.63, 3.8) is 0 Å². The Morgan fingerprint density at radius 3 is 2.90 bits per heavy atom. The molecule has 1 heterocycles. The Kier molecular flexibility index (Phi) is 4.12. The van der Waals surface area contributed by atoms with Crippen LogP contribution in [-0.4, -0.2) is 23.5 Å². The second kappa shape index (κ2) is 5.88. The largest absolute Gasteiger partial charge is 0.454 e. The van der Waals surface area contributed by atoms with Crippen LogP contribution in [0.2, 0.25) is 0 Å². The zero-order valence-electron chi connectivity index (χ0n) is 11.7. The quantitative estimate of drug-likeness (QED) is 0.821. The van der Waals surface area contributed by atoms with E-state index in [1.165, 1.54) is 0 Å². The van der Waals surface area contributed by atoms with Crippen LogP contribution in [0.1, 0.15) is 31.2 Å². The molecule has 0 saturated heterocycles. The molecule has 1 aromatic rings. The molecule has 0 amide bonds. The van der Waals surface area contributed by atoms with E-state index in [4.69, 9.17) is 15.9 Å². The number of hydrogen-bond acceptors (Lipinski definition) is 4. The molecule has 112 valence electrons. The van der Waals surface area contributed by atoms with Crippen LogP contribution in [0.15, 0.2) is 16.6 Å². The minimum atomic E-state index is -1.04. The summed E-state index contributed by atoms with van der Waals surface area (Å²) in [5.74, 6) is 4.07. The van der Waals surface area contributed by atoms with Gasteiger partial charge in [0.05, 0.1) is 0 Å². The van der Waals surface area contributed by atoms with Gasteiger partial charge in [-0.05, 0) is 37.0 Å². The van der Waals surface area contributed by atoms with Crippen molar-refractivity contribution in [2.24, 2.45) is 0 Å². The van der Waals surface area contributed by atoms with E-state index in [1.807, 2.05) is 12.1 Å². The fourth-order valence-corrected chi connectivity index (χ4v) is 3.39. The topological polar surface area (TPSA) is 50.7 Å². The molecule has 5 heteroatoms. The fraction of sp³-hybridized carbons (Fsp3) is 0.500. The summed E-state index contributed by atoms with van der Waals surface area (Å²) < 4.78 is 11.7.